The summed E-state index contributed by atoms with van der Waals surface area (Å²) in [6.45, 7) is 0. The summed E-state index contributed by atoms with van der Waals surface area (Å²) in [6.07, 6.45) is -3.12. The molecule has 4 rings (SSSR count). The number of thiophene rings is 1. The number of carbonyl (C=O) groups excluding carboxylic acids is 2. The highest BCUT2D eigenvalue weighted by Gasteiger charge is 2.34. The van der Waals surface area contributed by atoms with Gasteiger partial charge in [-0.1, -0.05) is 6.07 Å². The van der Waals surface area contributed by atoms with E-state index in [1.54, 1.807) is 0 Å². The molecule has 3 aromatic rings. The minimum Gasteiger partial charge on any atom is -0.365 e. The first kappa shape index (κ1) is 16.3. The molecule has 1 aromatic carbocycles. The number of amides is 3. The van der Waals surface area contributed by atoms with E-state index in [1.165, 1.54) is 24.4 Å². The van der Waals surface area contributed by atoms with E-state index in [2.05, 4.69) is 10.3 Å². The Bertz CT molecular complexity index is 1080. The van der Waals surface area contributed by atoms with Crippen molar-refractivity contribution in [1.82, 2.24) is 4.98 Å². The lowest BCUT2D eigenvalue weighted by Gasteiger charge is -2.28. The number of pyridine rings is 1. The molecular formula is C16H9F3N4O2S. The van der Waals surface area contributed by atoms with Crippen LogP contribution in [0.3, 0.4) is 0 Å². The number of anilines is 3. The molecule has 0 bridgehead atoms. The average molecular weight is 378 g/mol. The van der Waals surface area contributed by atoms with Crippen LogP contribution < -0.4 is 16.0 Å². The molecule has 6 nitrogen and oxygen atoms in total. The number of rotatable bonds is 2. The highest BCUT2D eigenvalue weighted by atomic mass is 32.1. The van der Waals surface area contributed by atoms with Gasteiger partial charge in [0, 0.05) is 6.20 Å². The molecule has 132 valence electrons. The smallest absolute Gasteiger partial charge is 0.365 e. The second kappa shape index (κ2) is 5.43. The fourth-order valence-corrected chi connectivity index (χ4v) is 3.81. The standard InChI is InChI=1S/C16H9F3N4O2S/c17-16(18,19)7-2-1-3-8(6-7)23-9-4-5-21-14-10(9)11(22-15(23)25)12(26-14)13(20)24/h1-6H,(H2,20,24)(H,22,25). The summed E-state index contributed by atoms with van der Waals surface area (Å²) in [5.74, 6) is -0.721. The van der Waals surface area contributed by atoms with Crippen molar-refractivity contribution in [3.63, 3.8) is 0 Å². The molecule has 3 heterocycles. The molecule has 3 amide bonds. The number of alkyl halides is 3. The molecule has 10 heteroatoms. The summed E-state index contributed by atoms with van der Waals surface area (Å²) in [7, 11) is 0. The number of nitrogens with one attached hydrogen (secondary N) is 1. The Morgan fingerprint density at radius 1 is 1.27 bits per heavy atom. The Labute approximate surface area is 148 Å². The Morgan fingerprint density at radius 2 is 2.04 bits per heavy atom. The minimum absolute atomic E-state index is 0.0438. The van der Waals surface area contributed by atoms with Crippen LogP contribution in [0.25, 0.3) is 10.2 Å². The summed E-state index contributed by atoms with van der Waals surface area (Å²) in [4.78, 5) is 30.1. The zero-order valence-corrected chi connectivity index (χ0v) is 13.6. The van der Waals surface area contributed by atoms with Crippen molar-refractivity contribution in [3.8, 4) is 0 Å². The van der Waals surface area contributed by atoms with Crippen LogP contribution in [0.2, 0.25) is 0 Å². The normalized spacial score (nSPS) is 13.8. The van der Waals surface area contributed by atoms with E-state index < -0.39 is 23.7 Å². The summed E-state index contributed by atoms with van der Waals surface area (Å²) < 4.78 is 39.0. The minimum atomic E-state index is -4.54. The molecule has 0 unspecified atom stereocenters. The molecule has 1 aliphatic rings. The molecule has 0 saturated carbocycles. The van der Waals surface area contributed by atoms with Gasteiger partial charge in [0.2, 0.25) is 0 Å². The summed E-state index contributed by atoms with van der Waals surface area (Å²) in [5, 5.41) is 3.00. The molecule has 2 aromatic heterocycles. The van der Waals surface area contributed by atoms with Gasteiger partial charge in [-0.3, -0.25) is 9.69 Å². The zero-order chi connectivity index (χ0) is 18.6. The lowest BCUT2D eigenvalue weighted by Crippen LogP contribution is -2.34. The van der Waals surface area contributed by atoms with E-state index in [0.29, 0.717) is 15.9 Å². The maximum Gasteiger partial charge on any atom is 0.416 e. The third kappa shape index (κ3) is 2.37. The number of halogens is 3. The largest absolute Gasteiger partial charge is 0.416 e. The summed E-state index contributed by atoms with van der Waals surface area (Å²) in [5.41, 5.74) is 5.07. The number of carbonyl (C=O) groups is 2. The number of benzene rings is 1. The van der Waals surface area contributed by atoms with Gasteiger partial charge < -0.3 is 11.1 Å². The van der Waals surface area contributed by atoms with Gasteiger partial charge in [-0.2, -0.15) is 13.2 Å². The molecule has 0 saturated heterocycles. The Morgan fingerprint density at radius 3 is 2.73 bits per heavy atom. The van der Waals surface area contributed by atoms with Crippen LogP contribution in [0.1, 0.15) is 15.2 Å². The maximum atomic E-state index is 13.0. The van der Waals surface area contributed by atoms with Crippen LogP contribution in [-0.2, 0) is 6.18 Å². The molecule has 0 atom stereocenters. The SMILES string of the molecule is NC(=O)c1sc2nccc3c2c1NC(=O)N3c1cccc(C(F)(F)F)c1. The quantitative estimate of drug-likeness (QED) is 0.704. The monoisotopic (exact) mass is 378 g/mol. The van der Waals surface area contributed by atoms with Crippen molar-refractivity contribution in [1.29, 1.82) is 0 Å². The van der Waals surface area contributed by atoms with E-state index in [0.717, 1.165) is 28.4 Å². The highest BCUT2D eigenvalue weighted by molar-refractivity contribution is 7.21. The van der Waals surface area contributed by atoms with Gasteiger partial charge >= 0.3 is 12.2 Å². The van der Waals surface area contributed by atoms with Crippen LogP contribution in [-0.4, -0.2) is 16.9 Å². The van der Waals surface area contributed by atoms with Crippen LogP contribution >= 0.6 is 11.3 Å². The molecular weight excluding hydrogens is 369 g/mol. The second-order valence-electron chi connectivity index (χ2n) is 5.49. The van der Waals surface area contributed by atoms with Gasteiger partial charge in [0.15, 0.2) is 0 Å². The predicted octanol–water partition coefficient (Wildman–Crippen LogP) is 4.10. The van der Waals surface area contributed by atoms with E-state index in [1.807, 2.05) is 0 Å². The molecule has 3 N–H and O–H groups in total. The first-order valence-corrected chi connectivity index (χ1v) is 8.08. The number of hydrogen-bond acceptors (Lipinski definition) is 4. The Hall–Kier alpha value is -3.14. The van der Waals surface area contributed by atoms with E-state index in [-0.39, 0.29) is 16.3 Å². The van der Waals surface area contributed by atoms with Gasteiger partial charge in [-0.05, 0) is 24.3 Å². The molecule has 0 radical (unpaired) electrons. The summed E-state index contributed by atoms with van der Waals surface area (Å²) in [6, 6.07) is 5.25. The average Bonchev–Trinajstić information content (AvgIpc) is 2.94. The van der Waals surface area contributed by atoms with E-state index in [4.69, 9.17) is 5.73 Å². The van der Waals surface area contributed by atoms with Crippen molar-refractivity contribution in [2.75, 3.05) is 10.2 Å². The first-order chi connectivity index (χ1) is 12.3. The van der Waals surface area contributed by atoms with Crippen molar-refractivity contribution in [2.45, 2.75) is 6.18 Å². The predicted molar refractivity (Wildman–Crippen MR) is 90.7 cm³/mol. The third-order valence-electron chi connectivity index (χ3n) is 3.90. The van der Waals surface area contributed by atoms with Crippen molar-refractivity contribution in [2.24, 2.45) is 5.73 Å². The highest BCUT2D eigenvalue weighted by Crippen LogP contribution is 2.46. The van der Waals surface area contributed by atoms with Gasteiger partial charge in [-0.25, -0.2) is 9.78 Å². The second-order valence-corrected chi connectivity index (χ2v) is 6.49. The molecule has 1 aliphatic heterocycles. The first-order valence-electron chi connectivity index (χ1n) is 7.27. The van der Waals surface area contributed by atoms with Gasteiger partial charge in [0.05, 0.1) is 28.0 Å². The van der Waals surface area contributed by atoms with Gasteiger partial charge in [0.25, 0.3) is 5.91 Å². The van der Waals surface area contributed by atoms with Gasteiger partial charge in [-0.15, -0.1) is 11.3 Å². The lowest BCUT2D eigenvalue weighted by atomic mass is 10.1. The molecule has 0 spiro atoms. The summed E-state index contributed by atoms with van der Waals surface area (Å²) >= 11 is 1.01. The third-order valence-corrected chi connectivity index (χ3v) is 5.01. The number of hydrogen-bond donors (Lipinski definition) is 2. The molecule has 0 aliphatic carbocycles. The lowest BCUT2D eigenvalue weighted by molar-refractivity contribution is -0.137. The molecule has 26 heavy (non-hydrogen) atoms. The molecule has 0 fully saturated rings. The van der Waals surface area contributed by atoms with Crippen LogP contribution in [0.15, 0.2) is 36.5 Å². The van der Waals surface area contributed by atoms with Crippen LogP contribution in [0, 0.1) is 0 Å². The topological polar surface area (TPSA) is 88.3 Å². The fraction of sp³-hybridized carbons (Fsp3) is 0.0625. The number of aromatic nitrogens is 1. The fourth-order valence-electron chi connectivity index (χ4n) is 2.84. The van der Waals surface area contributed by atoms with E-state index in [9.17, 15) is 22.8 Å². The number of urea groups is 1. The van der Waals surface area contributed by atoms with Crippen molar-refractivity contribution in [3.05, 3.63) is 47.0 Å². The number of nitrogens with two attached hydrogens (primary N) is 1. The zero-order valence-electron chi connectivity index (χ0n) is 12.8. The van der Waals surface area contributed by atoms with Crippen molar-refractivity contribution < 1.29 is 22.8 Å². The Balaban J connectivity index is 1.95. The maximum absolute atomic E-state index is 13.0. The van der Waals surface area contributed by atoms with Crippen LogP contribution in [0.5, 0.6) is 0 Å². The number of nitrogens with zero attached hydrogens (tertiary/aromatic N) is 2. The Kier molecular flexibility index (Phi) is 3.41. The van der Waals surface area contributed by atoms with Crippen LogP contribution in [0.4, 0.5) is 35.0 Å². The van der Waals surface area contributed by atoms with E-state index >= 15 is 0 Å². The van der Waals surface area contributed by atoms with Gasteiger partial charge in [0.1, 0.15) is 9.71 Å². The van der Waals surface area contributed by atoms with Crippen molar-refractivity contribution >= 4 is 50.6 Å². The number of primary amides is 1.